The van der Waals surface area contributed by atoms with Gasteiger partial charge in [-0.2, -0.15) is 0 Å². The van der Waals surface area contributed by atoms with E-state index in [1.165, 1.54) is 0 Å². The van der Waals surface area contributed by atoms with Crippen LogP contribution >= 0.6 is 11.3 Å². The van der Waals surface area contributed by atoms with E-state index < -0.39 is 0 Å². The molecule has 0 radical (unpaired) electrons. The van der Waals surface area contributed by atoms with Crippen molar-refractivity contribution in [3.8, 4) is 0 Å². The second kappa shape index (κ2) is 7.83. The molecular formula is C20H24N2O2S. The summed E-state index contributed by atoms with van der Waals surface area (Å²) >= 11 is 1.63. The molecule has 0 saturated carbocycles. The lowest BCUT2D eigenvalue weighted by molar-refractivity contribution is -0.132. The summed E-state index contributed by atoms with van der Waals surface area (Å²) in [5, 5.41) is 4.17. The van der Waals surface area contributed by atoms with Crippen LogP contribution < -0.4 is 0 Å². The van der Waals surface area contributed by atoms with Crippen molar-refractivity contribution in [2.24, 2.45) is 5.92 Å². The highest BCUT2D eigenvalue weighted by Gasteiger charge is 2.16. The number of carbonyl (C=O) groups is 1. The van der Waals surface area contributed by atoms with Crippen LogP contribution in [0.25, 0.3) is 11.0 Å². The first-order valence-corrected chi connectivity index (χ1v) is 9.54. The maximum atomic E-state index is 12.8. The molecule has 0 spiro atoms. The van der Waals surface area contributed by atoms with Crippen LogP contribution in [-0.2, 0) is 17.8 Å². The molecule has 0 bridgehead atoms. The molecule has 0 aliphatic rings. The lowest BCUT2D eigenvalue weighted by Crippen LogP contribution is -2.34. The summed E-state index contributed by atoms with van der Waals surface area (Å²) in [6, 6.07) is 8.06. The Hall–Kier alpha value is -2.14. The van der Waals surface area contributed by atoms with E-state index in [0.29, 0.717) is 18.9 Å². The summed E-state index contributed by atoms with van der Waals surface area (Å²) in [6.45, 7) is 7.63. The smallest absolute Gasteiger partial charge is 0.223 e. The molecule has 2 aromatic heterocycles. The van der Waals surface area contributed by atoms with Crippen LogP contribution in [0.2, 0.25) is 0 Å². The summed E-state index contributed by atoms with van der Waals surface area (Å²) in [5.74, 6) is 0.623. The Morgan fingerprint density at radius 1 is 1.32 bits per heavy atom. The molecule has 3 rings (SSSR count). The standard InChI is InChI=1S/C20H24N2O2S/c1-14(2)11-22(12-18-13-25-15(3)21-18)20(23)7-5-16-4-6-19-17(10-16)8-9-24-19/h4,6,8-10,13-14H,5,7,11-12H2,1-3H3. The number of benzene rings is 1. The summed E-state index contributed by atoms with van der Waals surface area (Å²) in [5.41, 5.74) is 3.03. The number of hydrogen-bond acceptors (Lipinski definition) is 4. The number of carbonyl (C=O) groups excluding carboxylic acids is 1. The van der Waals surface area contributed by atoms with Crippen LogP contribution in [0.15, 0.2) is 40.3 Å². The number of fused-ring (bicyclic) bond motifs is 1. The molecule has 0 fully saturated rings. The number of rotatable bonds is 7. The van der Waals surface area contributed by atoms with Crippen LogP contribution in [0.4, 0.5) is 0 Å². The fourth-order valence-electron chi connectivity index (χ4n) is 2.95. The summed E-state index contributed by atoms with van der Waals surface area (Å²) < 4.78 is 5.37. The lowest BCUT2D eigenvalue weighted by atomic mass is 10.1. The minimum absolute atomic E-state index is 0.187. The lowest BCUT2D eigenvalue weighted by Gasteiger charge is -2.24. The van der Waals surface area contributed by atoms with Crippen molar-refractivity contribution in [2.75, 3.05) is 6.54 Å². The van der Waals surface area contributed by atoms with E-state index in [1.54, 1.807) is 17.6 Å². The molecule has 1 amide bonds. The molecule has 3 aromatic rings. The molecule has 0 saturated heterocycles. The number of hydrogen-bond donors (Lipinski definition) is 0. The maximum Gasteiger partial charge on any atom is 0.223 e. The quantitative estimate of drug-likeness (QED) is 0.610. The van der Waals surface area contributed by atoms with E-state index >= 15 is 0 Å². The second-order valence-electron chi connectivity index (χ2n) is 6.82. The van der Waals surface area contributed by atoms with Crippen LogP contribution in [-0.4, -0.2) is 22.3 Å². The normalized spacial score (nSPS) is 11.4. The fraction of sp³-hybridized carbons (Fsp3) is 0.400. The summed E-state index contributed by atoms with van der Waals surface area (Å²) in [7, 11) is 0. The molecular weight excluding hydrogens is 332 g/mol. The second-order valence-corrected chi connectivity index (χ2v) is 7.88. The van der Waals surface area contributed by atoms with Gasteiger partial charge in [0.1, 0.15) is 5.58 Å². The topological polar surface area (TPSA) is 46.3 Å². The molecule has 0 atom stereocenters. The highest BCUT2D eigenvalue weighted by atomic mass is 32.1. The van der Waals surface area contributed by atoms with Crippen molar-refractivity contribution in [3.05, 3.63) is 52.2 Å². The molecule has 0 N–H and O–H groups in total. The number of aryl methyl sites for hydroxylation is 2. The Bertz CT molecular complexity index is 850. The zero-order chi connectivity index (χ0) is 17.8. The van der Waals surface area contributed by atoms with E-state index in [0.717, 1.165) is 40.2 Å². The van der Waals surface area contributed by atoms with Crippen LogP contribution in [0.1, 0.15) is 36.5 Å². The third-order valence-corrected chi connectivity index (χ3v) is 4.92. The van der Waals surface area contributed by atoms with Crippen molar-refractivity contribution in [2.45, 2.75) is 40.2 Å². The van der Waals surface area contributed by atoms with E-state index in [9.17, 15) is 4.79 Å². The van der Waals surface area contributed by atoms with Gasteiger partial charge in [0.25, 0.3) is 0 Å². The third kappa shape index (κ3) is 4.69. The molecule has 4 nitrogen and oxygen atoms in total. The molecule has 0 unspecified atom stereocenters. The van der Waals surface area contributed by atoms with Crippen LogP contribution in [0, 0.1) is 12.8 Å². The molecule has 1 aromatic carbocycles. The number of furan rings is 1. The van der Waals surface area contributed by atoms with Gasteiger partial charge in [-0.15, -0.1) is 11.3 Å². The van der Waals surface area contributed by atoms with Gasteiger partial charge in [0, 0.05) is 23.7 Å². The van der Waals surface area contributed by atoms with Crippen molar-refractivity contribution in [3.63, 3.8) is 0 Å². The summed E-state index contributed by atoms with van der Waals surface area (Å²) in [4.78, 5) is 19.2. The van der Waals surface area contributed by atoms with Gasteiger partial charge in [0.2, 0.25) is 5.91 Å². The van der Waals surface area contributed by atoms with Gasteiger partial charge in [0.05, 0.1) is 23.5 Å². The predicted molar refractivity (Wildman–Crippen MR) is 102 cm³/mol. The molecule has 5 heteroatoms. The number of thiazole rings is 1. The Balaban J connectivity index is 1.64. The Morgan fingerprint density at radius 2 is 2.16 bits per heavy atom. The Kier molecular flexibility index (Phi) is 5.53. The first kappa shape index (κ1) is 17.7. The first-order valence-electron chi connectivity index (χ1n) is 8.66. The van der Waals surface area contributed by atoms with Gasteiger partial charge in [0.15, 0.2) is 0 Å². The minimum atomic E-state index is 0.187. The minimum Gasteiger partial charge on any atom is -0.464 e. The van der Waals surface area contributed by atoms with Gasteiger partial charge in [-0.25, -0.2) is 4.98 Å². The molecule has 0 aliphatic heterocycles. The first-order chi connectivity index (χ1) is 12.0. The Labute approximate surface area is 152 Å². The van der Waals surface area contributed by atoms with Gasteiger partial charge in [-0.05, 0) is 43.0 Å². The highest BCUT2D eigenvalue weighted by molar-refractivity contribution is 7.09. The molecule has 25 heavy (non-hydrogen) atoms. The summed E-state index contributed by atoms with van der Waals surface area (Å²) in [6.07, 6.45) is 2.95. The number of nitrogens with zero attached hydrogens (tertiary/aromatic N) is 2. The van der Waals surface area contributed by atoms with Crippen molar-refractivity contribution in [1.29, 1.82) is 0 Å². The molecule has 2 heterocycles. The molecule has 132 valence electrons. The SMILES string of the molecule is Cc1nc(CN(CC(C)C)C(=O)CCc2ccc3occc3c2)cs1. The van der Waals surface area contributed by atoms with Crippen molar-refractivity contribution >= 4 is 28.2 Å². The monoisotopic (exact) mass is 356 g/mol. The van der Waals surface area contributed by atoms with E-state index in [2.05, 4.69) is 24.9 Å². The highest BCUT2D eigenvalue weighted by Crippen LogP contribution is 2.19. The zero-order valence-corrected chi connectivity index (χ0v) is 15.8. The van der Waals surface area contributed by atoms with Gasteiger partial charge in [-0.3, -0.25) is 4.79 Å². The average Bonchev–Trinajstić information content (AvgIpc) is 3.19. The van der Waals surface area contributed by atoms with Crippen molar-refractivity contribution < 1.29 is 9.21 Å². The number of aromatic nitrogens is 1. The van der Waals surface area contributed by atoms with Gasteiger partial charge < -0.3 is 9.32 Å². The largest absolute Gasteiger partial charge is 0.464 e. The molecule has 0 aliphatic carbocycles. The number of amides is 1. The maximum absolute atomic E-state index is 12.8. The van der Waals surface area contributed by atoms with Crippen molar-refractivity contribution in [1.82, 2.24) is 9.88 Å². The van der Waals surface area contributed by atoms with Gasteiger partial charge >= 0.3 is 0 Å². The Morgan fingerprint density at radius 3 is 2.88 bits per heavy atom. The van der Waals surface area contributed by atoms with Crippen LogP contribution in [0.5, 0.6) is 0 Å². The average molecular weight is 356 g/mol. The predicted octanol–water partition coefficient (Wildman–Crippen LogP) is 4.82. The van der Waals surface area contributed by atoms with E-state index in [-0.39, 0.29) is 5.91 Å². The third-order valence-electron chi connectivity index (χ3n) is 4.10. The van der Waals surface area contributed by atoms with E-state index in [4.69, 9.17) is 4.42 Å². The van der Waals surface area contributed by atoms with E-state index in [1.807, 2.05) is 35.4 Å². The zero-order valence-electron chi connectivity index (χ0n) is 15.0. The fourth-order valence-corrected chi connectivity index (χ4v) is 3.56. The van der Waals surface area contributed by atoms with Crippen LogP contribution in [0.3, 0.4) is 0 Å². The van der Waals surface area contributed by atoms with Gasteiger partial charge in [-0.1, -0.05) is 19.9 Å².